The molecule has 4 rings (SSSR count). The Labute approximate surface area is 238 Å². The Morgan fingerprint density at radius 1 is 0.951 bits per heavy atom. The molecular weight excluding hydrogens is 526 g/mol. The number of ether oxygens (including phenoxy) is 1. The number of fused-ring (bicyclic) bond motifs is 2. The second kappa shape index (κ2) is 13.7. The number of carbonyl (C=O) groups excluding carboxylic acids is 5. The summed E-state index contributed by atoms with van der Waals surface area (Å²) in [5.74, 6) is -2.33. The van der Waals surface area contributed by atoms with Crippen molar-refractivity contribution >= 4 is 35.6 Å². The Hall–Kier alpha value is -4.51. The molecule has 2 aliphatic rings. The molecule has 216 valence electrons. The summed E-state index contributed by atoms with van der Waals surface area (Å²) in [7, 11) is 1.46. The lowest BCUT2D eigenvalue weighted by molar-refractivity contribution is -0.155. The van der Waals surface area contributed by atoms with Gasteiger partial charge in [-0.15, -0.1) is 0 Å². The molecule has 5 amide bonds. The highest BCUT2D eigenvalue weighted by atomic mass is 16.5. The zero-order chi connectivity index (χ0) is 29.4. The molecule has 2 fully saturated rings. The van der Waals surface area contributed by atoms with Gasteiger partial charge in [-0.1, -0.05) is 60.7 Å². The second-order valence-electron chi connectivity index (χ2n) is 10.2. The van der Waals surface area contributed by atoms with Gasteiger partial charge in [0.15, 0.2) is 6.10 Å². The van der Waals surface area contributed by atoms with E-state index in [0.717, 1.165) is 11.1 Å². The van der Waals surface area contributed by atoms with Crippen LogP contribution >= 0.6 is 0 Å². The number of carbonyl (C=O) groups is 5. The standard InChI is InChI=1S/C30H35N5O6/c1-20-28(38)31-16-23-17-35(27(37)14-13-21-9-5-3-6-10-21)18-25(41-23)29(39)33-24(15-22-11-7-4-8-12-22)30(40)34(2)19-26(36)32-20/h3-14,20,23-25H,15-19H2,1-2H3,(H,31,38)(H,32,36)(H,33,39)/b14-13+/t20-,23+,24-,25-/m1/s1. The van der Waals surface area contributed by atoms with Crippen LogP contribution in [0.1, 0.15) is 18.1 Å². The minimum Gasteiger partial charge on any atom is -0.360 e. The molecule has 0 saturated carbocycles. The molecule has 0 radical (unpaired) electrons. The van der Waals surface area contributed by atoms with Crippen molar-refractivity contribution in [3.05, 3.63) is 77.9 Å². The number of rotatable bonds is 4. The first-order valence-corrected chi connectivity index (χ1v) is 13.5. The summed E-state index contributed by atoms with van der Waals surface area (Å²) in [5.41, 5.74) is 1.66. The van der Waals surface area contributed by atoms with E-state index in [4.69, 9.17) is 4.74 Å². The van der Waals surface area contributed by atoms with Crippen molar-refractivity contribution < 1.29 is 28.7 Å². The topological polar surface area (TPSA) is 137 Å². The zero-order valence-corrected chi connectivity index (χ0v) is 23.1. The fourth-order valence-corrected chi connectivity index (χ4v) is 4.71. The van der Waals surface area contributed by atoms with Crippen LogP contribution in [0.25, 0.3) is 6.08 Å². The molecule has 2 aromatic rings. The summed E-state index contributed by atoms with van der Waals surface area (Å²) in [5, 5.41) is 8.11. The second-order valence-corrected chi connectivity index (χ2v) is 10.2. The fourth-order valence-electron chi connectivity index (χ4n) is 4.71. The van der Waals surface area contributed by atoms with Gasteiger partial charge in [-0.05, 0) is 24.1 Å². The summed E-state index contributed by atoms with van der Waals surface area (Å²) < 4.78 is 6.03. The number of nitrogens with one attached hydrogen (secondary N) is 3. The highest BCUT2D eigenvalue weighted by molar-refractivity contribution is 5.95. The third kappa shape index (κ3) is 8.24. The summed E-state index contributed by atoms with van der Waals surface area (Å²) in [6, 6.07) is 16.7. The van der Waals surface area contributed by atoms with Gasteiger partial charge in [-0.3, -0.25) is 24.0 Å². The molecule has 0 unspecified atom stereocenters. The quantitative estimate of drug-likeness (QED) is 0.454. The molecule has 41 heavy (non-hydrogen) atoms. The zero-order valence-electron chi connectivity index (χ0n) is 23.1. The van der Waals surface area contributed by atoms with E-state index < -0.39 is 47.9 Å². The molecule has 4 atom stereocenters. The maximum absolute atomic E-state index is 13.5. The molecule has 0 spiro atoms. The van der Waals surface area contributed by atoms with E-state index in [-0.39, 0.29) is 38.5 Å². The van der Waals surface area contributed by atoms with Crippen molar-refractivity contribution in [2.45, 2.75) is 37.6 Å². The minimum absolute atomic E-state index is 0.0152. The third-order valence-corrected chi connectivity index (χ3v) is 6.92. The van der Waals surface area contributed by atoms with E-state index in [2.05, 4.69) is 16.0 Å². The SMILES string of the molecule is C[C@H]1NC(=O)CN(C)C(=O)[C@@H](Cc2ccccc2)NC(=O)[C@H]2CN(C(=O)/C=C/c3ccccc3)C[C@H](CNC1=O)O2. The number of hydrogen-bond acceptors (Lipinski definition) is 6. The average Bonchev–Trinajstić information content (AvgIpc) is 2.98. The van der Waals surface area contributed by atoms with E-state index in [1.807, 2.05) is 60.7 Å². The Morgan fingerprint density at radius 2 is 1.63 bits per heavy atom. The number of likely N-dealkylation sites (N-methyl/N-ethyl adjacent to an activating group) is 1. The van der Waals surface area contributed by atoms with Gasteiger partial charge in [0.2, 0.25) is 23.6 Å². The monoisotopic (exact) mass is 561 g/mol. The Morgan fingerprint density at radius 3 is 2.34 bits per heavy atom. The molecule has 2 heterocycles. The number of benzene rings is 2. The van der Waals surface area contributed by atoms with Gasteiger partial charge in [0.25, 0.3) is 5.91 Å². The van der Waals surface area contributed by atoms with E-state index >= 15 is 0 Å². The van der Waals surface area contributed by atoms with Gasteiger partial charge >= 0.3 is 0 Å². The van der Waals surface area contributed by atoms with Crippen LogP contribution in [-0.2, 0) is 35.1 Å². The lowest BCUT2D eigenvalue weighted by atomic mass is 10.0. The van der Waals surface area contributed by atoms with Crippen LogP contribution in [-0.4, -0.2) is 96.9 Å². The van der Waals surface area contributed by atoms with Gasteiger partial charge in [0.1, 0.15) is 12.1 Å². The largest absolute Gasteiger partial charge is 0.360 e. The van der Waals surface area contributed by atoms with Crippen molar-refractivity contribution in [1.82, 2.24) is 25.8 Å². The minimum atomic E-state index is -1.08. The lowest BCUT2D eigenvalue weighted by Gasteiger charge is -2.37. The van der Waals surface area contributed by atoms with Crippen molar-refractivity contribution in [3.8, 4) is 0 Å². The Kier molecular flexibility index (Phi) is 9.86. The van der Waals surface area contributed by atoms with E-state index in [1.54, 1.807) is 6.08 Å². The molecule has 11 heteroatoms. The number of hydrogen-bond donors (Lipinski definition) is 3. The average molecular weight is 562 g/mol. The number of nitrogens with zero attached hydrogens (tertiary/aromatic N) is 2. The normalized spacial score (nSPS) is 24.6. The third-order valence-electron chi connectivity index (χ3n) is 6.92. The van der Waals surface area contributed by atoms with Crippen LogP contribution in [0.2, 0.25) is 0 Å². The summed E-state index contributed by atoms with van der Waals surface area (Å²) in [4.78, 5) is 68.0. The maximum Gasteiger partial charge on any atom is 0.251 e. The molecule has 2 bridgehead atoms. The van der Waals surface area contributed by atoms with E-state index in [0.29, 0.717) is 0 Å². The molecule has 2 aromatic carbocycles. The van der Waals surface area contributed by atoms with E-state index in [9.17, 15) is 24.0 Å². The van der Waals surface area contributed by atoms with Crippen LogP contribution in [0.3, 0.4) is 0 Å². The number of morpholine rings is 1. The van der Waals surface area contributed by atoms with Crippen molar-refractivity contribution in [2.75, 3.05) is 33.2 Å². The molecule has 0 aromatic heterocycles. The molecular formula is C30H35N5O6. The van der Waals surface area contributed by atoms with Crippen LogP contribution in [0.4, 0.5) is 0 Å². The fraction of sp³-hybridized carbons (Fsp3) is 0.367. The maximum atomic E-state index is 13.5. The smallest absolute Gasteiger partial charge is 0.251 e. The first-order chi connectivity index (χ1) is 19.7. The van der Waals surface area contributed by atoms with Gasteiger partial charge in [0, 0.05) is 32.6 Å². The Bertz CT molecular complexity index is 1280. The summed E-state index contributed by atoms with van der Waals surface area (Å²) in [6.45, 7) is 1.35. The van der Waals surface area contributed by atoms with Gasteiger partial charge < -0.3 is 30.5 Å². The van der Waals surface area contributed by atoms with Crippen LogP contribution in [0.5, 0.6) is 0 Å². The first kappa shape index (κ1) is 29.5. The van der Waals surface area contributed by atoms with Crippen molar-refractivity contribution in [2.24, 2.45) is 0 Å². The molecule has 3 N–H and O–H groups in total. The highest BCUT2D eigenvalue weighted by Gasteiger charge is 2.37. The predicted molar refractivity (Wildman–Crippen MR) is 151 cm³/mol. The van der Waals surface area contributed by atoms with Crippen molar-refractivity contribution in [3.63, 3.8) is 0 Å². The van der Waals surface area contributed by atoms with Crippen LogP contribution in [0.15, 0.2) is 66.7 Å². The van der Waals surface area contributed by atoms with Crippen molar-refractivity contribution in [1.29, 1.82) is 0 Å². The summed E-state index contributed by atoms with van der Waals surface area (Å²) in [6.07, 6.45) is 1.53. The van der Waals surface area contributed by atoms with E-state index in [1.165, 1.54) is 29.8 Å². The van der Waals surface area contributed by atoms with Gasteiger partial charge in [-0.25, -0.2) is 0 Å². The molecule has 0 aliphatic carbocycles. The summed E-state index contributed by atoms with van der Waals surface area (Å²) >= 11 is 0. The highest BCUT2D eigenvalue weighted by Crippen LogP contribution is 2.15. The molecule has 2 aliphatic heterocycles. The molecule has 2 saturated heterocycles. The number of amides is 5. The predicted octanol–water partition coefficient (Wildman–Crippen LogP) is 0.116. The van der Waals surface area contributed by atoms with Gasteiger partial charge in [-0.2, -0.15) is 0 Å². The van der Waals surface area contributed by atoms with Gasteiger partial charge in [0.05, 0.1) is 19.2 Å². The first-order valence-electron chi connectivity index (χ1n) is 13.5. The van der Waals surface area contributed by atoms with Crippen LogP contribution < -0.4 is 16.0 Å². The molecule has 11 nitrogen and oxygen atoms in total. The lowest BCUT2D eigenvalue weighted by Crippen LogP contribution is -2.59. The van der Waals surface area contributed by atoms with Crippen LogP contribution in [0, 0.1) is 0 Å². The Balaban J connectivity index is 1.59.